The van der Waals surface area contributed by atoms with Crippen LogP contribution in [0.5, 0.6) is 0 Å². The van der Waals surface area contributed by atoms with E-state index < -0.39 is 0 Å². The maximum absolute atomic E-state index is 12.3. The summed E-state index contributed by atoms with van der Waals surface area (Å²) in [6.45, 7) is 6.05. The molecule has 3 aromatic rings. The van der Waals surface area contributed by atoms with Crippen LogP contribution in [-0.2, 0) is 11.2 Å². The molecule has 0 saturated carbocycles. The van der Waals surface area contributed by atoms with Crippen molar-refractivity contribution in [2.45, 2.75) is 27.2 Å². The summed E-state index contributed by atoms with van der Waals surface area (Å²) in [6.07, 6.45) is 0.665. The van der Waals surface area contributed by atoms with Gasteiger partial charge in [0.25, 0.3) is 5.91 Å². The Morgan fingerprint density at radius 1 is 1.07 bits per heavy atom. The van der Waals surface area contributed by atoms with E-state index in [1.165, 1.54) is 12.5 Å². The van der Waals surface area contributed by atoms with E-state index in [0.29, 0.717) is 18.5 Å². The van der Waals surface area contributed by atoms with E-state index in [-0.39, 0.29) is 11.8 Å². The van der Waals surface area contributed by atoms with Crippen molar-refractivity contribution in [3.05, 3.63) is 70.2 Å². The minimum atomic E-state index is -0.100. The van der Waals surface area contributed by atoms with Gasteiger partial charge in [-0.05, 0) is 49.2 Å². The number of benzene rings is 2. The summed E-state index contributed by atoms with van der Waals surface area (Å²) in [7, 11) is 0. The topological polar surface area (TPSA) is 71.1 Å². The van der Waals surface area contributed by atoms with Crippen molar-refractivity contribution in [1.29, 1.82) is 0 Å². The summed E-state index contributed by atoms with van der Waals surface area (Å²) in [6, 6.07) is 13.3. The minimum Gasteiger partial charge on any atom is -0.352 e. The molecule has 0 aliphatic rings. The van der Waals surface area contributed by atoms with Gasteiger partial charge in [-0.3, -0.25) is 9.59 Å². The standard InChI is InChI=1S/C22H23N3O2S/c1-14-7-8-17(11-15(14)2)21(27)23-10-9-20-13-28-22(25-20)18-5-4-6-19(12-18)24-16(3)26/h4-8,11-13H,9-10H2,1-3H3,(H,23,27)(H,24,26). The molecule has 0 unspecified atom stereocenters. The van der Waals surface area contributed by atoms with Gasteiger partial charge in [0, 0.05) is 42.1 Å². The molecule has 0 saturated heterocycles. The van der Waals surface area contributed by atoms with Crippen LogP contribution in [0.2, 0.25) is 0 Å². The Hall–Kier alpha value is -2.99. The Balaban J connectivity index is 1.58. The van der Waals surface area contributed by atoms with Crippen molar-refractivity contribution >= 4 is 28.8 Å². The summed E-state index contributed by atoms with van der Waals surface area (Å²) < 4.78 is 0. The van der Waals surface area contributed by atoms with Gasteiger partial charge >= 0.3 is 0 Å². The molecule has 1 heterocycles. The first-order valence-corrected chi connectivity index (χ1v) is 9.98. The number of nitrogens with zero attached hydrogens (tertiary/aromatic N) is 1. The average Bonchev–Trinajstić information content (AvgIpc) is 3.12. The minimum absolute atomic E-state index is 0.0680. The molecule has 5 nitrogen and oxygen atoms in total. The first kappa shape index (κ1) is 19.8. The Kier molecular flexibility index (Phi) is 6.21. The second-order valence-electron chi connectivity index (χ2n) is 6.71. The largest absolute Gasteiger partial charge is 0.352 e. The van der Waals surface area contributed by atoms with E-state index in [9.17, 15) is 9.59 Å². The van der Waals surface area contributed by atoms with Gasteiger partial charge in [-0.1, -0.05) is 18.2 Å². The average molecular weight is 394 g/mol. The summed E-state index contributed by atoms with van der Waals surface area (Å²) in [5.41, 5.74) is 5.61. The van der Waals surface area contributed by atoms with Crippen molar-refractivity contribution in [2.75, 3.05) is 11.9 Å². The first-order chi connectivity index (χ1) is 13.4. The summed E-state index contributed by atoms with van der Waals surface area (Å²) >= 11 is 1.55. The van der Waals surface area contributed by atoms with Gasteiger partial charge in [0.2, 0.25) is 5.91 Å². The molecule has 0 atom stereocenters. The van der Waals surface area contributed by atoms with Crippen LogP contribution in [0.15, 0.2) is 47.8 Å². The van der Waals surface area contributed by atoms with Gasteiger partial charge in [-0.15, -0.1) is 11.3 Å². The normalized spacial score (nSPS) is 10.5. The SMILES string of the molecule is CC(=O)Nc1cccc(-c2nc(CCNC(=O)c3ccc(C)c(C)c3)cs2)c1. The fourth-order valence-electron chi connectivity index (χ4n) is 2.78. The second-order valence-corrected chi connectivity index (χ2v) is 7.57. The van der Waals surface area contributed by atoms with Gasteiger partial charge < -0.3 is 10.6 Å². The summed E-state index contributed by atoms with van der Waals surface area (Å²) in [4.78, 5) is 28.2. The number of anilines is 1. The second kappa shape index (κ2) is 8.80. The number of aromatic nitrogens is 1. The zero-order valence-corrected chi connectivity index (χ0v) is 17.0. The molecule has 2 N–H and O–H groups in total. The number of carbonyl (C=O) groups is 2. The molecule has 6 heteroatoms. The van der Waals surface area contributed by atoms with Crippen LogP contribution < -0.4 is 10.6 Å². The predicted octanol–water partition coefficient (Wildman–Crippen LogP) is 4.36. The molecule has 2 aromatic carbocycles. The van der Waals surface area contributed by atoms with Crippen molar-refractivity contribution in [3.8, 4) is 10.6 Å². The predicted molar refractivity (Wildman–Crippen MR) is 114 cm³/mol. The molecule has 0 fully saturated rings. The van der Waals surface area contributed by atoms with E-state index in [0.717, 1.165) is 27.5 Å². The van der Waals surface area contributed by atoms with Gasteiger partial charge in [0.15, 0.2) is 0 Å². The molecular formula is C22H23N3O2S. The highest BCUT2D eigenvalue weighted by Crippen LogP contribution is 2.26. The fourth-order valence-corrected chi connectivity index (χ4v) is 3.63. The van der Waals surface area contributed by atoms with Crippen LogP contribution in [0.4, 0.5) is 5.69 Å². The van der Waals surface area contributed by atoms with Crippen molar-refractivity contribution in [3.63, 3.8) is 0 Å². The summed E-state index contributed by atoms with van der Waals surface area (Å²) in [5.74, 6) is -0.168. The van der Waals surface area contributed by atoms with E-state index in [1.807, 2.05) is 61.7 Å². The quantitative estimate of drug-likeness (QED) is 0.654. The Bertz CT molecular complexity index is 1010. The number of hydrogen-bond acceptors (Lipinski definition) is 4. The van der Waals surface area contributed by atoms with Crippen LogP contribution in [0.25, 0.3) is 10.6 Å². The molecule has 28 heavy (non-hydrogen) atoms. The van der Waals surface area contributed by atoms with E-state index in [1.54, 1.807) is 11.3 Å². The number of rotatable bonds is 6. The van der Waals surface area contributed by atoms with E-state index in [4.69, 9.17) is 0 Å². The number of nitrogens with one attached hydrogen (secondary N) is 2. The highest BCUT2D eigenvalue weighted by molar-refractivity contribution is 7.13. The molecule has 1 aromatic heterocycles. The van der Waals surface area contributed by atoms with Crippen molar-refractivity contribution in [2.24, 2.45) is 0 Å². The molecule has 144 valence electrons. The van der Waals surface area contributed by atoms with Crippen molar-refractivity contribution < 1.29 is 9.59 Å². The molecule has 0 aliphatic carbocycles. The van der Waals surface area contributed by atoms with Crippen LogP contribution in [0, 0.1) is 13.8 Å². The molecule has 0 radical (unpaired) electrons. The zero-order chi connectivity index (χ0) is 20.1. The first-order valence-electron chi connectivity index (χ1n) is 9.10. The number of aryl methyl sites for hydroxylation is 2. The molecular weight excluding hydrogens is 370 g/mol. The van der Waals surface area contributed by atoms with E-state index >= 15 is 0 Å². The summed E-state index contributed by atoms with van der Waals surface area (Å²) in [5, 5.41) is 8.63. The van der Waals surface area contributed by atoms with Crippen LogP contribution in [0.1, 0.15) is 34.1 Å². The third-order valence-corrected chi connectivity index (χ3v) is 5.36. The van der Waals surface area contributed by atoms with E-state index in [2.05, 4.69) is 15.6 Å². The number of carbonyl (C=O) groups excluding carboxylic acids is 2. The number of amides is 2. The smallest absolute Gasteiger partial charge is 0.251 e. The van der Waals surface area contributed by atoms with Crippen LogP contribution >= 0.6 is 11.3 Å². The highest BCUT2D eigenvalue weighted by Gasteiger charge is 2.09. The molecule has 0 spiro atoms. The van der Waals surface area contributed by atoms with Gasteiger partial charge in [-0.2, -0.15) is 0 Å². The monoisotopic (exact) mass is 393 g/mol. The van der Waals surface area contributed by atoms with Gasteiger partial charge in [0.1, 0.15) is 5.01 Å². The molecule has 0 bridgehead atoms. The van der Waals surface area contributed by atoms with Gasteiger partial charge in [0.05, 0.1) is 5.69 Å². The number of hydrogen-bond donors (Lipinski definition) is 2. The van der Waals surface area contributed by atoms with Crippen molar-refractivity contribution in [1.82, 2.24) is 10.3 Å². The third-order valence-electron chi connectivity index (χ3n) is 4.42. The molecule has 2 amide bonds. The lowest BCUT2D eigenvalue weighted by atomic mass is 10.1. The fraction of sp³-hybridized carbons (Fsp3) is 0.227. The molecule has 0 aliphatic heterocycles. The third kappa shape index (κ3) is 5.04. The lowest BCUT2D eigenvalue weighted by molar-refractivity contribution is -0.114. The lowest BCUT2D eigenvalue weighted by Gasteiger charge is -2.06. The highest BCUT2D eigenvalue weighted by atomic mass is 32.1. The number of thiazole rings is 1. The maximum Gasteiger partial charge on any atom is 0.251 e. The Morgan fingerprint density at radius 2 is 1.89 bits per heavy atom. The maximum atomic E-state index is 12.3. The van der Waals surface area contributed by atoms with Crippen LogP contribution in [0.3, 0.4) is 0 Å². The lowest BCUT2D eigenvalue weighted by Crippen LogP contribution is -2.25. The van der Waals surface area contributed by atoms with Gasteiger partial charge in [-0.25, -0.2) is 4.98 Å². The Labute approximate surface area is 168 Å². The van der Waals surface area contributed by atoms with Crippen LogP contribution in [-0.4, -0.2) is 23.3 Å². The molecule has 3 rings (SSSR count). The Morgan fingerprint density at radius 3 is 2.64 bits per heavy atom. The zero-order valence-electron chi connectivity index (χ0n) is 16.2.